The molecular weight excluding hydrogens is 206 g/mol. The van der Waals surface area contributed by atoms with Gasteiger partial charge in [0.1, 0.15) is 0 Å². The quantitative estimate of drug-likeness (QED) is 0.558. The summed E-state index contributed by atoms with van der Waals surface area (Å²) in [5.41, 5.74) is 0. The normalized spacial score (nSPS) is 15.2. The van der Waals surface area contributed by atoms with Gasteiger partial charge >= 0.3 is 0 Å². The molecule has 0 aromatic heterocycles. The van der Waals surface area contributed by atoms with Crippen LogP contribution in [0.3, 0.4) is 0 Å². The summed E-state index contributed by atoms with van der Waals surface area (Å²) in [6.45, 7) is 8.01. The highest BCUT2D eigenvalue weighted by Gasteiger charge is 2.07. The summed E-state index contributed by atoms with van der Waals surface area (Å²) in [5, 5.41) is 3.62. The second kappa shape index (κ2) is 10.8. The van der Waals surface area contributed by atoms with E-state index in [1.54, 1.807) is 0 Å². The number of hydrogen-bond donors (Lipinski definition) is 1. The SMILES string of the molecule is CCCCC(CC)CNC(C)CCCCl. The van der Waals surface area contributed by atoms with Crippen LogP contribution in [0.15, 0.2) is 0 Å². The second-order valence-corrected chi connectivity index (χ2v) is 4.93. The zero-order chi connectivity index (χ0) is 11.5. The molecule has 0 rings (SSSR count). The van der Waals surface area contributed by atoms with Gasteiger partial charge in [-0.3, -0.25) is 0 Å². The summed E-state index contributed by atoms with van der Waals surface area (Å²) in [6.07, 6.45) is 7.70. The minimum atomic E-state index is 0.624. The van der Waals surface area contributed by atoms with Gasteiger partial charge in [0.25, 0.3) is 0 Å². The Morgan fingerprint density at radius 1 is 1.13 bits per heavy atom. The van der Waals surface area contributed by atoms with E-state index in [1.165, 1.54) is 38.6 Å². The Bertz CT molecular complexity index is 128. The highest BCUT2D eigenvalue weighted by atomic mass is 35.5. The zero-order valence-electron chi connectivity index (χ0n) is 10.7. The Hall–Kier alpha value is 0.250. The molecule has 0 aromatic carbocycles. The summed E-state index contributed by atoms with van der Waals surface area (Å²) in [4.78, 5) is 0. The van der Waals surface area contributed by atoms with Gasteiger partial charge in [0.2, 0.25) is 0 Å². The molecule has 15 heavy (non-hydrogen) atoms. The first-order valence-corrected chi connectivity index (χ1v) is 7.07. The van der Waals surface area contributed by atoms with Crippen molar-refractivity contribution in [3.05, 3.63) is 0 Å². The van der Waals surface area contributed by atoms with Crippen molar-refractivity contribution in [3.8, 4) is 0 Å². The van der Waals surface area contributed by atoms with Crippen molar-refractivity contribution in [2.75, 3.05) is 12.4 Å². The van der Waals surface area contributed by atoms with Crippen molar-refractivity contribution in [1.82, 2.24) is 5.32 Å². The lowest BCUT2D eigenvalue weighted by molar-refractivity contribution is 0.387. The van der Waals surface area contributed by atoms with Crippen molar-refractivity contribution in [3.63, 3.8) is 0 Å². The minimum absolute atomic E-state index is 0.624. The lowest BCUT2D eigenvalue weighted by Crippen LogP contribution is -2.31. The average Bonchev–Trinajstić information content (AvgIpc) is 2.26. The summed E-state index contributed by atoms with van der Waals surface area (Å²) < 4.78 is 0. The molecule has 0 aliphatic heterocycles. The first-order valence-electron chi connectivity index (χ1n) is 6.53. The van der Waals surface area contributed by atoms with Crippen LogP contribution in [0.4, 0.5) is 0 Å². The molecule has 0 saturated heterocycles. The first kappa shape index (κ1) is 15.2. The van der Waals surface area contributed by atoms with Gasteiger partial charge in [0.05, 0.1) is 0 Å². The highest BCUT2D eigenvalue weighted by molar-refractivity contribution is 6.17. The molecule has 0 bridgehead atoms. The second-order valence-electron chi connectivity index (χ2n) is 4.56. The van der Waals surface area contributed by atoms with Crippen LogP contribution in [0, 0.1) is 5.92 Å². The topological polar surface area (TPSA) is 12.0 Å². The molecule has 0 heterocycles. The smallest absolute Gasteiger partial charge is 0.0224 e. The highest BCUT2D eigenvalue weighted by Crippen LogP contribution is 2.11. The van der Waals surface area contributed by atoms with Crippen molar-refractivity contribution >= 4 is 11.6 Å². The predicted octanol–water partition coefficient (Wildman–Crippen LogP) is 4.20. The average molecular weight is 234 g/mol. The first-order chi connectivity index (χ1) is 7.24. The third-order valence-electron chi connectivity index (χ3n) is 3.07. The molecule has 92 valence electrons. The van der Waals surface area contributed by atoms with E-state index in [0.29, 0.717) is 6.04 Å². The van der Waals surface area contributed by atoms with Crippen LogP contribution in [0.5, 0.6) is 0 Å². The molecular formula is C13H28ClN. The monoisotopic (exact) mass is 233 g/mol. The molecule has 2 atom stereocenters. The standard InChI is InChI=1S/C13H28ClN/c1-4-6-9-13(5-2)11-15-12(3)8-7-10-14/h12-13,15H,4-11H2,1-3H3. The van der Waals surface area contributed by atoms with Crippen LogP contribution in [0.2, 0.25) is 0 Å². The van der Waals surface area contributed by atoms with E-state index >= 15 is 0 Å². The molecule has 0 aliphatic carbocycles. The van der Waals surface area contributed by atoms with Gasteiger partial charge in [-0.05, 0) is 38.6 Å². The summed E-state index contributed by atoms with van der Waals surface area (Å²) in [5.74, 6) is 1.65. The molecule has 2 heteroatoms. The Kier molecular flexibility index (Phi) is 10.9. The molecule has 0 amide bonds. The van der Waals surface area contributed by atoms with E-state index in [-0.39, 0.29) is 0 Å². The lowest BCUT2D eigenvalue weighted by atomic mass is 9.99. The molecule has 0 aliphatic rings. The fourth-order valence-corrected chi connectivity index (χ4v) is 1.95. The third-order valence-corrected chi connectivity index (χ3v) is 3.34. The predicted molar refractivity (Wildman–Crippen MR) is 70.7 cm³/mol. The van der Waals surface area contributed by atoms with E-state index in [2.05, 4.69) is 26.1 Å². The van der Waals surface area contributed by atoms with E-state index in [1.807, 2.05) is 0 Å². The minimum Gasteiger partial charge on any atom is -0.314 e. The number of halogens is 1. The number of hydrogen-bond acceptors (Lipinski definition) is 1. The van der Waals surface area contributed by atoms with Gasteiger partial charge in [-0.25, -0.2) is 0 Å². The van der Waals surface area contributed by atoms with E-state index < -0.39 is 0 Å². The molecule has 1 nitrogen and oxygen atoms in total. The van der Waals surface area contributed by atoms with Gasteiger partial charge in [-0.15, -0.1) is 11.6 Å². The Labute approximate surface area is 101 Å². The van der Waals surface area contributed by atoms with Gasteiger partial charge in [0.15, 0.2) is 0 Å². The van der Waals surface area contributed by atoms with Crippen molar-refractivity contribution in [1.29, 1.82) is 0 Å². The van der Waals surface area contributed by atoms with Gasteiger partial charge in [-0.2, -0.15) is 0 Å². The summed E-state index contributed by atoms with van der Waals surface area (Å²) in [7, 11) is 0. The van der Waals surface area contributed by atoms with Gasteiger partial charge in [0, 0.05) is 11.9 Å². The number of unbranched alkanes of at least 4 members (excludes halogenated alkanes) is 1. The Morgan fingerprint density at radius 2 is 1.87 bits per heavy atom. The largest absolute Gasteiger partial charge is 0.314 e. The van der Waals surface area contributed by atoms with E-state index in [4.69, 9.17) is 11.6 Å². The van der Waals surface area contributed by atoms with Crippen LogP contribution in [0.1, 0.15) is 59.3 Å². The number of rotatable bonds is 10. The van der Waals surface area contributed by atoms with Crippen LogP contribution >= 0.6 is 11.6 Å². The molecule has 1 N–H and O–H groups in total. The van der Waals surface area contributed by atoms with Crippen molar-refractivity contribution in [2.45, 2.75) is 65.3 Å². The van der Waals surface area contributed by atoms with Crippen LogP contribution in [-0.4, -0.2) is 18.5 Å². The maximum atomic E-state index is 5.68. The lowest BCUT2D eigenvalue weighted by Gasteiger charge is -2.19. The summed E-state index contributed by atoms with van der Waals surface area (Å²) >= 11 is 5.68. The molecule has 0 spiro atoms. The summed E-state index contributed by atoms with van der Waals surface area (Å²) in [6, 6.07) is 0.624. The number of nitrogens with one attached hydrogen (secondary N) is 1. The Morgan fingerprint density at radius 3 is 2.40 bits per heavy atom. The van der Waals surface area contributed by atoms with Crippen LogP contribution < -0.4 is 5.32 Å². The fraction of sp³-hybridized carbons (Fsp3) is 1.00. The van der Waals surface area contributed by atoms with E-state index in [0.717, 1.165) is 18.2 Å². The molecule has 0 aromatic rings. The van der Waals surface area contributed by atoms with Crippen LogP contribution in [-0.2, 0) is 0 Å². The van der Waals surface area contributed by atoms with Crippen molar-refractivity contribution < 1.29 is 0 Å². The maximum Gasteiger partial charge on any atom is 0.0224 e. The fourth-order valence-electron chi connectivity index (χ4n) is 1.80. The maximum absolute atomic E-state index is 5.68. The molecule has 0 radical (unpaired) electrons. The zero-order valence-corrected chi connectivity index (χ0v) is 11.4. The van der Waals surface area contributed by atoms with Gasteiger partial charge < -0.3 is 5.32 Å². The Balaban J connectivity index is 3.50. The van der Waals surface area contributed by atoms with Crippen molar-refractivity contribution in [2.24, 2.45) is 5.92 Å². The van der Waals surface area contributed by atoms with Crippen LogP contribution in [0.25, 0.3) is 0 Å². The van der Waals surface area contributed by atoms with Gasteiger partial charge in [-0.1, -0.05) is 33.1 Å². The number of alkyl halides is 1. The van der Waals surface area contributed by atoms with E-state index in [9.17, 15) is 0 Å². The molecule has 2 unspecified atom stereocenters. The molecule has 0 saturated carbocycles. The third kappa shape index (κ3) is 9.19. The molecule has 0 fully saturated rings.